The van der Waals surface area contributed by atoms with Gasteiger partial charge in [-0.05, 0) is 49.2 Å². The zero-order chi connectivity index (χ0) is 20.0. The molecule has 2 aromatic rings. The number of ether oxygens (including phenoxy) is 2. The van der Waals surface area contributed by atoms with Crippen molar-refractivity contribution in [1.29, 1.82) is 0 Å². The van der Waals surface area contributed by atoms with Crippen LogP contribution in [0.3, 0.4) is 0 Å². The molecule has 27 heavy (non-hydrogen) atoms. The molecule has 0 saturated heterocycles. The SMILES string of the molecule is COc1ccc(C)cc1NC(=O)C(=O)NCC(C)(OC)c1cccc(Cl)c1. The highest BCUT2D eigenvalue weighted by molar-refractivity contribution is 6.39. The molecular weight excluding hydrogens is 368 g/mol. The van der Waals surface area contributed by atoms with E-state index in [0.29, 0.717) is 16.5 Å². The van der Waals surface area contributed by atoms with E-state index in [0.717, 1.165) is 11.1 Å². The quantitative estimate of drug-likeness (QED) is 0.742. The van der Waals surface area contributed by atoms with E-state index >= 15 is 0 Å². The minimum absolute atomic E-state index is 0.0983. The largest absolute Gasteiger partial charge is 0.495 e. The normalized spacial score (nSPS) is 12.8. The van der Waals surface area contributed by atoms with Crippen molar-refractivity contribution in [2.45, 2.75) is 19.4 Å². The van der Waals surface area contributed by atoms with Crippen LogP contribution in [0.5, 0.6) is 5.75 Å². The van der Waals surface area contributed by atoms with E-state index in [1.807, 2.05) is 19.1 Å². The average molecular weight is 391 g/mol. The Balaban J connectivity index is 2.06. The predicted octanol–water partition coefficient (Wildman–Crippen LogP) is 3.27. The summed E-state index contributed by atoms with van der Waals surface area (Å²) in [4.78, 5) is 24.5. The second-order valence-electron chi connectivity index (χ2n) is 6.29. The Bertz CT molecular complexity index is 840. The van der Waals surface area contributed by atoms with E-state index in [4.69, 9.17) is 21.1 Å². The van der Waals surface area contributed by atoms with Crippen LogP contribution >= 0.6 is 11.6 Å². The number of carbonyl (C=O) groups is 2. The van der Waals surface area contributed by atoms with Crippen molar-refractivity contribution < 1.29 is 19.1 Å². The number of amides is 2. The molecule has 0 radical (unpaired) electrons. The second-order valence-corrected chi connectivity index (χ2v) is 6.72. The van der Waals surface area contributed by atoms with E-state index in [1.54, 1.807) is 37.3 Å². The van der Waals surface area contributed by atoms with Crippen LogP contribution in [0.2, 0.25) is 5.02 Å². The number of carbonyl (C=O) groups excluding carboxylic acids is 2. The first-order chi connectivity index (χ1) is 12.8. The summed E-state index contributed by atoms with van der Waals surface area (Å²) in [6, 6.07) is 12.5. The van der Waals surface area contributed by atoms with Crippen LogP contribution in [-0.2, 0) is 19.9 Å². The lowest BCUT2D eigenvalue weighted by molar-refractivity contribution is -0.137. The minimum Gasteiger partial charge on any atom is -0.495 e. The predicted molar refractivity (Wildman–Crippen MR) is 105 cm³/mol. The molecule has 0 bridgehead atoms. The highest BCUT2D eigenvalue weighted by Crippen LogP contribution is 2.27. The van der Waals surface area contributed by atoms with E-state index < -0.39 is 17.4 Å². The first kappa shape index (κ1) is 20.7. The van der Waals surface area contributed by atoms with E-state index in [-0.39, 0.29) is 6.54 Å². The molecule has 6 nitrogen and oxygen atoms in total. The smallest absolute Gasteiger partial charge is 0.313 e. The third kappa shape index (κ3) is 5.21. The lowest BCUT2D eigenvalue weighted by atomic mass is 9.95. The van der Waals surface area contributed by atoms with Crippen LogP contribution in [0.4, 0.5) is 5.69 Å². The summed E-state index contributed by atoms with van der Waals surface area (Å²) >= 11 is 6.03. The number of methoxy groups -OCH3 is 2. The lowest BCUT2D eigenvalue weighted by Gasteiger charge is -2.29. The highest BCUT2D eigenvalue weighted by Gasteiger charge is 2.28. The fourth-order valence-corrected chi connectivity index (χ4v) is 2.73. The van der Waals surface area contributed by atoms with Crippen molar-refractivity contribution in [3.05, 3.63) is 58.6 Å². The molecule has 144 valence electrons. The number of nitrogens with one attached hydrogen (secondary N) is 2. The minimum atomic E-state index is -0.831. The molecule has 0 heterocycles. The summed E-state index contributed by atoms with van der Waals surface area (Å²) < 4.78 is 10.8. The van der Waals surface area contributed by atoms with Gasteiger partial charge in [0.1, 0.15) is 11.4 Å². The molecule has 0 aliphatic heterocycles. The molecule has 0 aliphatic carbocycles. The monoisotopic (exact) mass is 390 g/mol. The van der Waals surface area contributed by atoms with Gasteiger partial charge >= 0.3 is 11.8 Å². The van der Waals surface area contributed by atoms with Crippen molar-refractivity contribution >= 4 is 29.1 Å². The molecular formula is C20H23ClN2O4. The molecule has 0 saturated carbocycles. The molecule has 2 N–H and O–H groups in total. The van der Waals surface area contributed by atoms with Gasteiger partial charge in [-0.2, -0.15) is 0 Å². The van der Waals surface area contributed by atoms with Crippen LogP contribution in [-0.4, -0.2) is 32.6 Å². The number of rotatable bonds is 6. The second kappa shape index (κ2) is 8.88. The number of hydrogen-bond donors (Lipinski definition) is 2. The van der Waals surface area contributed by atoms with Gasteiger partial charge in [0.15, 0.2) is 0 Å². The topological polar surface area (TPSA) is 76.7 Å². The molecule has 0 spiro atoms. The van der Waals surface area contributed by atoms with Crippen LogP contribution in [0.1, 0.15) is 18.1 Å². The Kier molecular flexibility index (Phi) is 6.82. The molecule has 0 aliphatic rings. The summed E-state index contributed by atoms with van der Waals surface area (Å²) in [5.41, 5.74) is 1.32. The summed E-state index contributed by atoms with van der Waals surface area (Å²) in [5, 5.41) is 5.73. The fraction of sp³-hybridized carbons (Fsp3) is 0.300. The molecule has 1 atom stereocenters. The first-order valence-electron chi connectivity index (χ1n) is 8.34. The van der Waals surface area contributed by atoms with E-state index in [1.165, 1.54) is 14.2 Å². The Morgan fingerprint density at radius 1 is 1.11 bits per heavy atom. The molecule has 2 rings (SSSR count). The lowest BCUT2D eigenvalue weighted by Crippen LogP contribution is -2.44. The van der Waals surface area contributed by atoms with Gasteiger partial charge in [0, 0.05) is 12.1 Å². The maximum atomic E-state index is 12.2. The summed E-state index contributed by atoms with van der Waals surface area (Å²) in [6.45, 7) is 3.78. The Labute approximate surface area is 163 Å². The Morgan fingerprint density at radius 2 is 1.85 bits per heavy atom. The van der Waals surface area contributed by atoms with Crippen molar-refractivity contribution in [3.8, 4) is 5.75 Å². The van der Waals surface area contributed by atoms with Crippen LogP contribution in [0.25, 0.3) is 0 Å². The van der Waals surface area contributed by atoms with Crippen LogP contribution in [0.15, 0.2) is 42.5 Å². The highest BCUT2D eigenvalue weighted by atomic mass is 35.5. The van der Waals surface area contributed by atoms with E-state index in [9.17, 15) is 9.59 Å². The van der Waals surface area contributed by atoms with Gasteiger partial charge in [0.05, 0.1) is 19.3 Å². The van der Waals surface area contributed by atoms with Gasteiger partial charge < -0.3 is 20.1 Å². The van der Waals surface area contributed by atoms with Gasteiger partial charge in [-0.3, -0.25) is 9.59 Å². The number of benzene rings is 2. The van der Waals surface area contributed by atoms with Gasteiger partial charge in [-0.15, -0.1) is 0 Å². The molecule has 0 fully saturated rings. The molecule has 0 aromatic heterocycles. The molecule has 2 amide bonds. The third-order valence-electron chi connectivity index (χ3n) is 4.28. The number of halogens is 1. The van der Waals surface area contributed by atoms with Crippen LogP contribution < -0.4 is 15.4 Å². The summed E-state index contributed by atoms with van der Waals surface area (Å²) in [7, 11) is 3.03. The number of hydrogen-bond acceptors (Lipinski definition) is 4. The third-order valence-corrected chi connectivity index (χ3v) is 4.52. The maximum absolute atomic E-state index is 12.2. The Morgan fingerprint density at radius 3 is 2.48 bits per heavy atom. The van der Waals surface area contributed by atoms with Gasteiger partial charge in [-0.1, -0.05) is 29.8 Å². The molecule has 2 aromatic carbocycles. The van der Waals surface area contributed by atoms with Crippen molar-refractivity contribution in [2.75, 3.05) is 26.1 Å². The Hall–Kier alpha value is -2.57. The van der Waals surface area contributed by atoms with Crippen LogP contribution in [0, 0.1) is 6.92 Å². The zero-order valence-electron chi connectivity index (χ0n) is 15.8. The van der Waals surface area contributed by atoms with Gasteiger partial charge in [0.2, 0.25) is 0 Å². The zero-order valence-corrected chi connectivity index (χ0v) is 16.5. The van der Waals surface area contributed by atoms with Gasteiger partial charge in [-0.25, -0.2) is 0 Å². The summed E-state index contributed by atoms with van der Waals surface area (Å²) in [6.07, 6.45) is 0. The molecule has 7 heteroatoms. The van der Waals surface area contributed by atoms with Crippen molar-refractivity contribution in [3.63, 3.8) is 0 Å². The molecule has 1 unspecified atom stereocenters. The first-order valence-corrected chi connectivity index (χ1v) is 8.72. The number of aryl methyl sites for hydroxylation is 1. The fourth-order valence-electron chi connectivity index (χ4n) is 2.54. The average Bonchev–Trinajstić information content (AvgIpc) is 2.66. The van der Waals surface area contributed by atoms with E-state index in [2.05, 4.69) is 10.6 Å². The standard InChI is InChI=1S/C20H23ClN2O4/c1-13-8-9-17(26-3)16(10-13)23-19(25)18(24)22-12-20(2,27-4)14-6-5-7-15(21)11-14/h5-11H,12H2,1-4H3,(H,22,24)(H,23,25). The van der Waals surface area contributed by atoms with Gasteiger partial charge in [0.25, 0.3) is 0 Å². The number of anilines is 1. The summed E-state index contributed by atoms with van der Waals surface area (Å²) in [5.74, 6) is -1.09. The maximum Gasteiger partial charge on any atom is 0.313 e. The van der Waals surface area contributed by atoms with Crippen molar-refractivity contribution in [2.24, 2.45) is 0 Å². The van der Waals surface area contributed by atoms with Crippen molar-refractivity contribution in [1.82, 2.24) is 5.32 Å².